The predicted octanol–water partition coefficient (Wildman–Crippen LogP) is 2.01. The first-order valence-electron chi connectivity index (χ1n) is 6.39. The van der Waals surface area contributed by atoms with Gasteiger partial charge in [-0.3, -0.25) is 10.6 Å². The van der Waals surface area contributed by atoms with Gasteiger partial charge in [0, 0.05) is 13.1 Å². The zero-order chi connectivity index (χ0) is 13.3. The Bertz CT molecular complexity index is 448. The van der Waals surface area contributed by atoms with E-state index in [0.717, 1.165) is 18.7 Å². The van der Waals surface area contributed by atoms with E-state index in [0.29, 0.717) is 23.1 Å². The third-order valence-corrected chi connectivity index (χ3v) is 3.84. The SMILES string of the molecule is Cc1ccc(NN)c(C(=O)N2CC(C)C(C)C2)c1. The fourth-order valence-electron chi connectivity index (χ4n) is 2.43. The van der Waals surface area contributed by atoms with Crippen molar-refractivity contribution in [1.29, 1.82) is 0 Å². The quantitative estimate of drug-likeness (QED) is 0.621. The number of nitrogens with zero attached hydrogens (tertiary/aromatic N) is 1. The van der Waals surface area contributed by atoms with Crippen molar-refractivity contribution < 1.29 is 4.79 Å². The van der Waals surface area contributed by atoms with Crippen LogP contribution in [0.4, 0.5) is 5.69 Å². The van der Waals surface area contributed by atoms with Crippen molar-refractivity contribution >= 4 is 11.6 Å². The highest BCUT2D eigenvalue weighted by atomic mass is 16.2. The van der Waals surface area contributed by atoms with Gasteiger partial charge in [-0.2, -0.15) is 0 Å². The van der Waals surface area contributed by atoms with Crippen LogP contribution in [0.3, 0.4) is 0 Å². The number of hydrazine groups is 1. The smallest absolute Gasteiger partial charge is 0.256 e. The number of amides is 1. The number of benzene rings is 1. The summed E-state index contributed by atoms with van der Waals surface area (Å²) in [6, 6.07) is 5.69. The molecule has 1 aliphatic heterocycles. The van der Waals surface area contributed by atoms with E-state index in [1.54, 1.807) is 0 Å². The van der Waals surface area contributed by atoms with Gasteiger partial charge in [-0.05, 0) is 30.9 Å². The summed E-state index contributed by atoms with van der Waals surface area (Å²) >= 11 is 0. The van der Waals surface area contributed by atoms with Crippen LogP contribution in [0, 0.1) is 18.8 Å². The molecule has 3 N–H and O–H groups in total. The van der Waals surface area contributed by atoms with Crippen LogP contribution in [0.1, 0.15) is 29.8 Å². The van der Waals surface area contributed by atoms with Crippen molar-refractivity contribution in [1.82, 2.24) is 4.90 Å². The zero-order valence-electron chi connectivity index (χ0n) is 11.2. The largest absolute Gasteiger partial charge is 0.338 e. The number of carbonyl (C=O) groups excluding carboxylic acids is 1. The number of aryl methyl sites for hydroxylation is 1. The topological polar surface area (TPSA) is 58.4 Å². The molecule has 1 amide bonds. The molecule has 2 rings (SSSR count). The minimum atomic E-state index is 0.0721. The average Bonchev–Trinajstić information content (AvgIpc) is 2.68. The number of anilines is 1. The number of hydrogen-bond donors (Lipinski definition) is 2. The number of carbonyl (C=O) groups is 1. The number of rotatable bonds is 2. The first-order valence-corrected chi connectivity index (χ1v) is 6.39. The van der Waals surface area contributed by atoms with Crippen LogP contribution < -0.4 is 11.3 Å². The monoisotopic (exact) mass is 247 g/mol. The van der Waals surface area contributed by atoms with Crippen LogP contribution in [0.25, 0.3) is 0 Å². The highest BCUT2D eigenvalue weighted by molar-refractivity contribution is 5.99. The Morgan fingerprint density at radius 3 is 2.50 bits per heavy atom. The van der Waals surface area contributed by atoms with E-state index in [1.807, 2.05) is 30.0 Å². The molecule has 1 aliphatic rings. The molecule has 1 fully saturated rings. The van der Waals surface area contributed by atoms with Crippen LogP contribution in [-0.4, -0.2) is 23.9 Å². The Labute approximate surface area is 108 Å². The van der Waals surface area contributed by atoms with Crippen molar-refractivity contribution in [3.05, 3.63) is 29.3 Å². The first-order chi connectivity index (χ1) is 8.52. The molecule has 1 aromatic rings. The Balaban J connectivity index is 2.26. The fraction of sp³-hybridized carbons (Fsp3) is 0.500. The first kappa shape index (κ1) is 12.9. The van der Waals surface area contributed by atoms with Crippen molar-refractivity contribution in [2.45, 2.75) is 20.8 Å². The lowest BCUT2D eigenvalue weighted by Gasteiger charge is -2.18. The van der Waals surface area contributed by atoms with Crippen molar-refractivity contribution in [3.8, 4) is 0 Å². The summed E-state index contributed by atoms with van der Waals surface area (Å²) in [5.74, 6) is 6.67. The maximum Gasteiger partial charge on any atom is 0.256 e. The maximum absolute atomic E-state index is 12.5. The maximum atomic E-state index is 12.5. The van der Waals surface area contributed by atoms with E-state index in [2.05, 4.69) is 19.3 Å². The normalized spacial score (nSPS) is 23.2. The van der Waals surface area contributed by atoms with Gasteiger partial charge in [0.2, 0.25) is 0 Å². The number of hydrogen-bond acceptors (Lipinski definition) is 3. The molecular formula is C14H21N3O. The Hall–Kier alpha value is -1.55. The van der Waals surface area contributed by atoms with Gasteiger partial charge in [0.15, 0.2) is 0 Å². The number of nitrogens with one attached hydrogen (secondary N) is 1. The van der Waals surface area contributed by atoms with Crippen LogP contribution in [0.15, 0.2) is 18.2 Å². The molecule has 98 valence electrons. The highest BCUT2D eigenvalue weighted by Crippen LogP contribution is 2.26. The van der Waals surface area contributed by atoms with Gasteiger partial charge in [0.1, 0.15) is 0 Å². The number of nitrogen functional groups attached to an aromatic ring is 1. The van der Waals surface area contributed by atoms with E-state index in [4.69, 9.17) is 5.84 Å². The Morgan fingerprint density at radius 2 is 1.94 bits per heavy atom. The van der Waals surface area contributed by atoms with Crippen LogP contribution in [-0.2, 0) is 0 Å². The lowest BCUT2D eigenvalue weighted by atomic mass is 10.0. The molecule has 1 heterocycles. The van der Waals surface area contributed by atoms with Gasteiger partial charge in [-0.25, -0.2) is 0 Å². The van der Waals surface area contributed by atoms with E-state index in [1.165, 1.54) is 0 Å². The summed E-state index contributed by atoms with van der Waals surface area (Å²) in [4.78, 5) is 14.4. The Kier molecular flexibility index (Phi) is 3.57. The average molecular weight is 247 g/mol. The summed E-state index contributed by atoms with van der Waals surface area (Å²) in [5.41, 5.74) is 5.03. The molecule has 18 heavy (non-hydrogen) atoms. The third kappa shape index (κ3) is 2.34. The molecule has 4 nitrogen and oxygen atoms in total. The van der Waals surface area contributed by atoms with Crippen LogP contribution in [0.2, 0.25) is 0 Å². The molecule has 0 aromatic heterocycles. The second-order valence-corrected chi connectivity index (χ2v) is 5.36. The summed E-state index contributed by atoms with van der Waals surface area (Å²) in [6.07, 6.45) is 0. The van der Waals surface area contributed by atoms with E-state index in [-0.39, 0.29) is 5.91 Å². The van der Waals surface area contributed by atoms with Gasteiger partial charge in [0.25, 0.3) is 5.91 Å². The summed E-state index contributed by atoms with van der Waals surface area (Å²) in [7, 11) is 0. The molecule has 2 atom stereocenters. The van der Waals surface area contributed by atoms with E-state index in [9.17, 15) is 4.79 Å². The van der Waals surface area contributed by atoms with E-state index < -0.39 is 0 Å². The molecule has 1 aromatic carbocycles. The van der Waals surface area contributed by atoms with Gasteiger partial charge in [0.05, 0.1) is 11.3 Å². The van der Waals surface area contributed by atoms with Gasteiger partial charge >= 0.3 is 0 Å². The minimum Gasteiger partial charge on any atom is -0.338 e. The minimum absolute atomic E-state index is 0.0721. The van der Waals surface area contributed by atoms with Crippen molar-refractivity contribution in [2.75, 3.05) is 18.5 Å². The van der Waals surface area contributed by atoms with Crippen LogP contribution in [0.5, 0.6) is 0 Å². The highest BCUT2D eigenvalue weighted by Gasteiger charge is 2.30. The summed E-state index contributed by atoms with van der Waals surface area (Å²) in [5, 5.41) is 0. The molecule has 0 aliphatic carbocycles. The lowest BCUT2D eigenvalue weighted by Crippen LogP contribution is -2.30. The molecule has 0 spiro atoms. The molecule has 2 unspecified atom stereocenters. The second kappa shape index (κ2) is 4.98. The standard InChI is InChI=1S/C14H21N3O/c1-9-4-5-13(16-15)12(6-9)14(18)17-7-10(2)11(3)8-17/h4-6,10-11,16H,7-8,15H2,1-3H3. The molecular weight excluding hydrogens is 226 g/mol. The third-order valence-electron chi connectivity index (χ3n) is 3.84. The number of nitrogens with two attached hydrogens (primary N) is 1. The number of likely N-dealkylation sites (tertiary alicyclic amines) is 1. The van der Waals surface area contributed by atoms with Gasteiger partial charge in [-0.15, -0.1) is 0 Å². The Morgan fingerprint density at radius 1 is 1.33 bits per heavy atom. The molecule has 0 bridgehead atoms. The van der Waals surface area contributed by atoms with Gasteiger partial charge < -0.3 is 10.3 Å². The van der Waals surface area contributed by atoms with Crippen molar-refractivity contribution in [2.24, 2.45) is 17.7 Å². The molecule has 1 saturated heterocycles. The second-order valence-electron chi connectivity index (χ2n) is 5.36. The summed E-state index contributed by atoms with van der Waals surface area (Å²) in [6.45, 7) is 8.02. The van der Waals surface area contributed by atoms with Crippen LogP contribution >= 0.6 is 0 Å². The van der Waals surface area contributed by atoms with E-state index >= 15 is 0 Å². The van der Waals surface area contributed by atoms with Gasteiger partial charge in [-0.1, -0.05) is 25.5 Å². The van der Waals surface area contributed by atoms with Crippen molar-refractivity contribution in [3.63, 3.8) is 0 Å². The summed E-state index contributed by atoms with van der Waals surface area (Å²) < 4.78 is 0. The fourth-order valence-corrected chi connectivity index (χ4v) is 2.43. The predicted molar refractivity (Wildman–Crippen MR) is 73.2 cm³/mol. The molecule has 0 radical (unpaired) electrons. The molecule has 4 heteroatoms. The lowest BCUT2D eigenvalue weighted by molar-refractivity contribution is 0.0786. The molecule has 0 saturated carbocycles. The zero-order valence-corrected chi connectivity index (χ0v) is 11.2.